The molecule has 0 spiro atoms. The third kappa shape index (κ3) is 4.49. The van der Waals surface area contributed by atoms with Crippen LogP contribution in [0.5, 0.6) is 0 Å². The molecule has 3 heteroatoms. The molecule has 0 saturated heterocycles. The average Bonchev–Trinajstić information content (AvgIpc) is 2.35. The molecule has 0 bridgehead atoms. The van der Waals surface area contributed by atoms with E-state index in [0.29, 0.717) is 5.92 Å². The van der Waals surface area contributed by atoms with E-state index in [4.69, 9.17) is 9.84 Å². The van der Waals surface area contributed by atoms with Crippen LogP contribution in [0, 0.1) is 11.8 Å². The summed E-state index contributed by atoms with van der Waals surface area (Å²) in [5, 5.41) is 8.58. The SMILES string of the molecule is COC1(CCC(C)C)C=CC(/C=C/C(=O)O)C=C1. The topological polar surface area (TPSA) is 46.5 Å². The Hall–Kier alpha value is -1.35. The lowest BCUT2D eigenvalue weighted by Crippen LogP contribution is -2.28. The molecule has 0 saturated carbocycles. The van der Waals surface area contributed by atoms with Crippen molar-refractivity contribution < 1.29 is 14.6 Å². The van der Waals surface area contributed by atoms with Crippen LogP contribution in [0.15, 0.2) is 36.5 Å². The number of hydrogen-bond acceptors (Lipinski definition) is 2. The first-order chi connectivity index (χ1) is 8.47. The van der Waals surface area contributed by atoms with Crippen LogP contribution < -0.4 is 0 Å². The molecule has 1 aliphatic carbocycles. The van der Waals surface area contributed by atoms with Crippen LogP contribution in [-0.2, 0) is 9.53 Å². The summed E-state index contributed by atoms with van der Waals surface area (Å²) in [5.74, 6) is -0.230. The number of aliphatic carboxylic acids is 1. The fourth-order valence-electron chi connectivity index (χ4n) is 1.91. The molecule has 0 aromatic heterocycles. The summed E-state index contributed by atoms with van der Waals surface area (Å²) in [6, 6.07) is 0. The second-order valence-corrected chi connectivity index (χ2v) is 5.08. The van der Waals surface area contributed by atoms with E-state index in [1.807, 2.05) is 24.3 Å². The van der Waals surface area contributed by atoms with Gasteiger partial charge in [0.2, 0.25) is 0 Å². The van der Waals surface area contributed by atoms with Crippen molar-refractivity contribution in [1.82, 2.24) is 0 Å². The lowest BCUT2D eigenvalue weighted by Gasteiger charge is -2.30. The highest BCUT2D eigenvalue weighted by molar-refractivity contribution is 5.79. The Balaban J connectivity index is 2.64. The quantitative estimate of drug-likeness (QED) is 0.581. The summed E-state index contributed by atoms with van der Waals surface area (Å²) in [6.07, 6.45) is 12.9. The molecule has 0 heterocycles. The van der Waals surface area contributed by atoms with Crippen molar-refractivity contribution in [2.75, 3.05) is 7.11 Å². The van der Waals surface area contributed by atoms with E-state index in [1.54, 1.807) is 13.2 Å². The lowest BCUT2D eigenvalue weighted by atomic mass is 9.86. The van der Waals surface area contributed by atoms with Crippen molar-refractivity contribution in [3.63, 3.8) is 0 Å². The van der Waals surface area contributed by atoms with Crippen LogP contribution in [0.4, 0.5) is 0 Å². The lowest BCUT2D eigenvalue weighted by molar-refractivity contribution is -0.131. The van der Waals surface area contributed by atoms with Crippen molar-refractivity contribution in [1.29, 1.82) is 0 Å². The van der Waals surface area contributed by atoms with Gasteiger partial charge in [0, 0.05) is 19.1 Å². The van der Waals surface area contributed by atoms with Crippen molar-refractivity contribution in [2.45, 2.75) is 32.3 Å². The Bertz CT molecular complexity index is 350. The molecule has 0 radical (unpaired) electrons. The van der Waals surface area contributed by atoms with Gasteiger partial charge in [-0.25, -0.2) is 4.79 Å². The number of rotatable bonds is 6. The molecule has 18 heavy (non-hydrogen) atoms. The summed E-state index contributed by atoms with van der Waals surface area (Å²) in [4.78, 5) is 10.4. The van der Waals surface area contributed by atoms with Crippen molar-refractivity contribution >= 4 is 5.97 Å². The van der Waals surface area contributed by atoms with Crippen LogP contribution >= 0.6 is 0 Å². The zero-order chi connectivity index (χ0) is 13.6. The van der Waals surface area contributed by atoms with Gasteiger partial charge in [0.15, 0.2) is 0 Å². The van der Waals surface area contributed by atoms with Crippen molar-refractivity contribution in [2.24, 2.45) is 11.8 Å². The Kier molecular flexibility index (Phi) is 5.35. The number of allylic oxidation sites excluding steroid dienone is 3. The molecule has 0 fully saturated rings. The maximum atomic E-state index is 10.4. The fraction of sp³-hybridized carbons (Fsp3) is 0.533. The molecule has 100 valence electrons. The number of carboxylic acid groups (broad SMARTS) is 1. The summed E-state index contributed by atoms with van der Waals surface area (Å²) >= 11 is 0. The van der Waals surface area contributed by atoms with E-state index in [2.05, 4.69) is 13.8 Å². The summed E-state index contributed by atoms with van der Waals surface area (Å²) in [7, 11) is 1.71. The number of methoxy groups -OCH3 is 1. The molecule has 0 aromatic carbocycles. The predicted molar refractivity (Wildman–Crippen MR) is 72.4 cm³/mol. The largest absolute Gasteiger partial charge is 0.478 e. The van der Waals surface area contributed by atoms with E-state index < -0.39 is 5.97 Å². The van der Waals surface area contributed by atoms with E-state index in [0.717, 1.165) is 12.8 Å². The monoisotopic (exact) mass is 250 g/mol. The first-order valence-corrected chi connectivity index (χ1v) is 6.32. The zero-order valence-electron chi connectivity index (χ0n) is 11.3. The number of carbonyl (C=O) groups is 1. The minimum atomic E-state index is -0.916. The molecular weight excluding hydrogens is 228 g/mol. The molecule has 3 nitrogen and oxygen atoms in total. The second kappa shape index (κ2) is 6.55. The highest BCUT2D eigenvalue weighted by Gasteiger charge is 2.25. The molecule has 0 aliphatic heterocycles. The van der Waals surface area contributed by atoms with Gasteiger partial charge in [-0.1, -0.05) is 44.2 Å². The molecule has 1 rings (SSSR count). The second-order valence-electron chi connectivity index (χ2n) is 5.08. The smallest absolute Gasteiger partial charge is 0.328 e. The summed E-state index contributed by atoms with van der Waals surface area (Å²) < 4.78 is 5.59. The summed E-state index contributed by atoms with van der Waals surface area (Å²) in [5.41, 5.74) is -0.322. The fourth-order valence-corrected chi connectivity index (χ4v) is 1.91. The predicted octanol–water partition coefficient (Wildman–Crippen LogP) is 3.19. The van der Waals surface area contributed by atoms with Gasteiger partial charge >= 0.3 is 5.97 Å². The van der Waals surface area contributed by atoms with Crippen LogP contribution in [-0.4, -0.2) is 23.8 Å². The maximum absolute atomic E-state index is 10.4. The zero-order valence-corrected chi connectivity index (χ0v) is 11.3. The normalized spacial score (nSPS) is 27.2. The Morgan fingerprint density at radius 1 is 1.44 bits per heavy atom. The average molecular weight is 250 g/mol. The number of ether oxygens (including phenoxy) is 1. The Morgan fingerprint density at radius 2 is 2.06 bits per heavy atom. The highest BCUT2D eigenvalue weighted by atomic mass is 16.5. The van der Waals surface area contributed by atoms with Gasteiger partial charge in [-0.3, -0.25) is 0 Å². The van der Waals surface area contributed by atoms with Gasteiger partial charge in [0.1, 0.15) is 5.60 Å². The molecule has 0 unspecified atom stereocenters. The number of hydrogen-bond donors (Lipinski definition) is 1. The van der Waals surface area contributed by atoms with E-state index in [-0.39, 0.29) is 11.5 Å². The van der Waals surface area contributed by atoms with Gasteiger partial charge in [0.05, 0.1) is 0 Å². The maximum Gasteiger partial charge on any atom is 0.328 e. The van der Waals surface area contributed by atoms with E-state index in [1.165, 1.54) is 6.08 Å². The molecule has 1 aliphatic rings. The van der Waals surface area contributed by atoms with Crippen LogP contribution in [0.25, 0.3) is 0 Å². The third-order valence-electron chi connectivity index (χ3n) is 3.15. The molecular formula is C15H22O3. The minimum absolute atomic E-state index is 0.0448. The summed E-state index contributed by atoms with van der Waals surface area (Å²) in [6.45, 7) is 4.38. The van der Waals surface area contributed by atoms with E-state index >= 15 is 0 Å². The van der Waals surface area contributed by atoms with Gasteiger partial charge in [-0.05, 0) is 18.8 Å². The van der Waals surface area contributed by atoms with Crippen molar-refractivity contribution in [3.05, 3.63) is 36.5 Å². The van der Waals surface area contributed by atoms with Crippen LogP contribution in [0.3, 0.4) is 0 Å². The first kappa shape index (κ1) is 14.7. The first-order valence-electron chi connectivity index (χ1n) is 6.32. The molecule has 0 atom stereocenters. The van der Waals surface area contributed by atoms with Crippen LogP contribution in [0.1, 0.15) is 26.7 Å². The van der Waals surface area contributed by atoms with Gasteiger partial charge < -0.3 is 9.84 Å². The van der Waals surface area contributed by atoms with Crippen molar-refractivity contribution in [3.8, 4) is 0 Å². The van der Waals surface area contributed by atoms with E-state index in [9.17, 15) is 4.79 Å². The van der Waals surface area contributed by atoms with Gasteiger partial charge in [-0.2, -0.15) is 0 Å². The highest BCUT2D eigenvalue weighted by Crippen LogP contribution is 2.28. The Labute approximate surface area is 109 Å². The molecule has 0 aromatic rings. The molecule has 1 N–H and O–H groups in total. The van der Waals surface area contributed by atoms with Gasteiger partial charge in [0.25, 0.3) is 0 Å². The van der Waals surface area contributed by atoms with Crippen LogP contribution in [0.2, 0.25) is 0 Å². The number of carboxylic acids is 1. The Morgan fingerprint density at radius 3 is 2.50 bits per heavy atom. The minimum Gasteiger partial charge on any atom is -0.478 e. The molecule has 0 amide bonds. The van der Waals surface area contributed by atoms with Gasteiger partial charge in [-0.15, -0.1) is 0 Å². The standard InChI is InChI=1S/C15H22O3/c1-12(2)6-9-15(18-3)10-7-13(8-11-15)4-5-14(16)17/h4-5,7-8,10-13H,6,9H2,1-3H3,(H,16,17)/b5-4+. The third-order valence-corrected chi connectivity index (χ3v) is 3.15.